The smallest absolute Gasteiger partial charge is 0.165 e. The predicted molar refractivity (Wildman–Crippen MR) is 60.6 cm³/mol. The quantitative estimate of drug-likeness (QED) is 0.752. The fourth-order valence-electron chi connectivity index (χ4n) is 1.38. The van der Waals surface area contributed by atoms with Crippen molar-refractivity contribution >= 4 is 17.3 Å². The molecule has 2 rings (SSSR count). The van der Waals surface area contributed by atoms with Crippen molar-refractivity contribution in [1.82, 2.24) is 14.8 Å². The van der Waals surface area contributed by atoms with Crippen LogP contribution in [0.4, 0.5) is 5.69 Å². The average Bonchev–Trinajstić information content (AvgIpc) is 2.49. The maximum absolute atomic E-state index is 5.87. The van der Waals surface area contributed by atoms with Gasteiger partial charge in [0.05, 0.1) is 0 Å². The molecular formula is C10H11ClN4. The Bertz CT molecular complexity index is 504. The Morgan fingerprint density at radius 3 is 2.60 bits per heavy atom. The van der Waals surface area contributed by atoms with Gasteiger partial charge in [-0.1, -0.05) is 11.6 Å². The van der Waals surface area contributed by atoms with Crippen LogP contribution in [-0.4, -0.2) is 14.8 Å². The number of nitrogen functional groups attached to an aromatic ring is 1. The largest absolute Gasteiger partial charge is 0.398 e. The second-order valence-corrected chi connectivity index (χ2v) is 3.80. The third-order valence-electron chi connectivity index (χ3n) is 2.35. The number of nitrogens with two attached hydrogens (primary N) is 1. The Kier molecular flexibility index (Phi) is 2.36. The molecule has 0 bridgehead atoms. The van der Waals surface area contributed by atoms with Crippen molar-refractivity contribution in [2.75, 3.05) is 5.73 Å². The van der Waals surface area contributed by atoms with Gasteiger partial charge < -0.3 is 10.3 Å². The highest BCUT2D eigenvalue weighted by Gasteiger charge is 2.10. The molecule has 0 radical (unpaired) electrons. The van der Waals surface area contributed by atoms with Crippen LogP contribution in [0.5, 0.6) is 0 Å². The van der Waals surface area contributed by atoms with E-state index in [0.717, 1.165) is 17.2 Å². The summed E-state index contributed by atoms with van der Waals surface area (Å²) in [5.74, 6) is 1.60. The number of nitrogens with zero attached hydrogens (tertiary/aromatic N) is 3. The molecule has 2 aromatic rings. The van der Waals surface area contributed by atoms with Crippen LogP contribution >= 0.6 is 11.6 Å². The second kappa shape index (κ2) is 3.55. The van der Waals surface area contributed by atoms with Gasteiger partial charge in [-0.2, -0.15) is 0 Å². The molecule has 0 aliphatic rings. The Morgan fingerprint density at radius 1 is 1.33 bits per heavy atom. The molecule has 1 heterocycles. The normalized spacial score (nSPS) is 10.6. The zero-order chi connectivity index (χ0) is 11.0. The molecule has 1 aromatic heterocycles. The van der Waals surface area contributed by atoms with E-state index in [2.05, 4.69) is 10.2 Å². The first-order chi connectivity index (χ1) is 7.09. The highest BCUT2D eigenvalue weighted by Crippen LogP contribution is 2.26. The minimum atomic E-state index is 0.609. The Morgan fingerprint density at radius 2 is 2.07 bits per heavy atom. The molecule has 0 atom stereocenters. The number of benzene rings is 1. The zero-order valence-corrected chi connectivity index (χ0v) is 9.28. The molecule has 4 nitrogen and oxygen atoms in total. The molecule has 0 aliphatic carbocycles. The Hall–Kier alpha value is -1.55. The summed E-state index contributed by atoms with van der Waals surface area (Å²) in [5, 5.41) is 8.67. The van der Waals surface area contributed by atoms with E-state index in [-0.39, 0.29) is 0 Å². The van der Waals surface area contributed by atoms with E-state index < -0.39 is 0 Å². The predicted octanol–water partition coefficient (Wildman–Crippen LogP) is 2.03. The summed E-state index contributed by atoms with van der Waals surface area (Å²) in [6.07, 6.45) is 0. The van der Waals surface area contributed by atoms with Gasteiger partial charge in [0.15, 0.2) is 5.82 Å². The second-order valence-electron chi connectivity index (χ2n) is 3.36. The molecule has 78 valence electrons. The van der Waals surface area contributed by atoms with Crippen LogP contribution in [-0.2, 0) is 7.05 Å². The standard InChI is InChI=1S/C10H11ClN4/c1-6-13-14-10(15(6)2)8-4-3-7(11)5-9(8)12/h3-5H,12H2,1-2H3. The fraction of sp³-hybridized carbons (Fsp3) is 0.200. The molecule has 0 amide bonds. The lowest BCUT2D eigenvalue weighted by Gasteiger charge is -2.05. The van der Waals surface area contributed by atoms with Gasteiger partial charge >= 0.3 is 0 Å². The van der Waals surface area contributed by atoms with Crippen LogP contribution in [0, 0.1) is 6.92 Å². The lowest BCUT2D eigenvalue weighted by molar-refractivity contribution is 0.865. The van der Waals surface area contributed by atoms with Crippen molar-refractivity contribution in [3.05, 3.63) is 29.0 Å². The van der Waals surface area contributed by atoms with E-state index in [9.17, 15) is 0 Å². The van der Waals surface area contributed by atoms with Crippen molar-refractivity contribution in [3.63, 3.8) is 0 Å². The summed E-state index contributed by atoms with van der Waals surface area (Å²) in [6.45, 7) is 1.89. The van der Waals surface area contributed by atoms with Gasteiger partial charge in [0, 0.05) is 23.3 Å². The van der Waals surface area contributed by atoms with E-state index >= 15 is 0 Å². The zero-order valence-electron chi connectivity index (χ0n) is 8.53. The van der Waals surface area contributed by atoms with Crippen LogP contribution < -0.4 is 5.73 Å². The average molecular weight is 223 g/mol. The topological polar surface area (TPSA) is 56.7 Å². The molecule has 0 saturated heterocycles. The molecular weight excluding hydrogens is 212 g/mol. The number of aryl methyl sites for hydroxylation is 1. The van der Waals surface area contributed by atoms with E-state index in [1.54, 1.807) is 12.1 Å². The number of anilines is 1. The van der Waals surface area contributed by atoms with Gasteiger partial charge in [0.25, 0.3) is 0 Å². The van der Waals surface area contributed by atoms with Crippen molar-refractivity contribution < 1.29 is 0 Å². The van der Waals surface area contributed by atoms with Crippen LogP contribution in [0.3, 0.4) is 0 Å². The van der Waals surface area contributed by atoms with Crippen molar-refractivity contribution in [2.45, 2.75) is 6.92 Å². The molecule has 15 heavy (non-hydrogen) atoms. The van der Waals surface area contributed by atoms with Crippen LogP contribution in [0.25, 0.3) is 11.4 Å². The molecule has 1 aromatic carbocycles. The first-order valence-corrected chi connectivity index (χ1v) is 4.89. The first kappa shape index (κ1) is 9.98. The number of aromatic nitrogens is 3. The van der Waals surface area contributed by atoms with E-state index in [4.69, 9.17) is 17.3 Å². The monoisotopic (exact) mass is 222 g/mol. The molecule has 0 unspecified atom stereocenters. The SMILES string of the molecule is Cc1nnc(-c2ccc(Cl)cc2N)n1C. The minimum Gasteiger partial charge on any atom is -0.398 e. The summed E-state index contributed by atoms with van der Waals surface area (Å²) in [5.41, 5.74) is 7.32. The summed E-state index contributed by atoms with van der Waals surface area (Å²) >= 11 is 5.83. The Labute approximate surface area is 92.7 Å². The molecule has 2 N–H and O–H groups in total. The number of rotatable bonds is 1. The van der Waals surface area contributed by atoms with E-state index in [1.165, 1.54) is 0 Å². The van der Waals surface area contributed by atoms with Gasteiger partial charge in [-0.05, 0) is 25.1 Å². The molecule has 0 saturated carbocycles. The number of halogens is 1. The van der Waals surface area contributed by atoms with Crippen molar-refractivity contribution in [2.24, 2.45) is 7.05 Å². The molecule has 0 spiro atoms. The maximum Gasteiger partial charge on any atom is 0.165 e. The van der Waals surface area contributed by atoms with Crippen molar-refractivity contribution in [3.8, 4) is 11.4 Å². The van der Waals surface area contributed by atoms with Crippen LogP contribution in [0.15, 0.2) is 18.2 Å². The van der Waals surface area contributed by atoms with Gasteiger partial charge in [-0.25, -0.2) is 0 Å². The third-order valence-corrected chi connectivity index (χ3v) is 2.58. The Balaban J connectivity index is 2.59. The summed E-state index contributed by atoms with van der Waals surface area (Å²) in [7, 11) is 1.90. The molecule has 0 fully saturated rings. The molecule has 0 aliphatic heterocycles. The highest BCUT2D eigenvalue weighted by atomic mass is 35.5. The summed E-state index contributed by atoms with van der Waals surface area (Å²) in [6, 6.07) is 5.35. The minimum absolute atomic E-state index is 0.609. The van der Waals surface area contributed by atoms with Gasteiger partial charge in [0.1, 0.15) is 5.82 Å². The number of hydrogen-bond acceptors (Lipinski definition) is 3. The maximum atomic E-state index is 5.87. The molecule has 5 heteroatoms. The van der Waals surface area contributed by atoms with Gasteiger partial charge in [0.2, 0.25) is 0 Å². The lowest BCUT2D eigenvalue weighted by atomic mass is 10.1. The lowest BCUT2D eigenvalue weighted by Crippen LogP contribution is -1.98. The van der Waals surface area contributed by atoms with E-state index in [1.807, 2.05) is 24.6 Å². The summed E-state index contributed by atoms with van der Waals surface area (Å²) < 4.78 is 1.89. The van der Waals surface area contributed by atoms with Gasteiger partial charge in [-0.15, -0.1) is 10.2 Å². The van der Waals surface area contributed by atoms with Crippen molar-refractivity contribution in [1.29, 1.82) is 0 Å². The third kappa shape index (κ3) is 1.68. The van der Waals surface area contributed by atoms with Gasteiger partial charge in [-0.3, -0.25) is 0 Å². The van der Waals surface area contributed by atoms with E-state index in [0.29, 0.717) is 10.7 Å². The fourth-order valence-corrected chi connectivity index (χ4v) is 1.56. The number of hydrogen-bond donors (Lipinski definition) is 1. The highest BCUT2D eigenvalue weighted by molar-refractivity contribution is 6.31. The first-order valence-electron chi connectivity index (χ1n) is 4.51. The summed E-state index contributed by atoms with van der Waals surface area (Å²) in [4.78, 5) is 0. The van der Waals surface area contributed by atoms with Crippen LogP contribution in [0.1, 0.15) is 5.82 Å². The van der Waals surface area contributed by atoms with Crippen LogP contribution in [0.2, 0.25) is 5.02 Å².